The summed E-state index contributed by atoms with van der Waals surface area (Å²) < 4.78 is 31.4. The second-order valence-corrected chi connectivity index (χ2v) is 9.17. The molecule has 1 aromatic heterocycles. The van der Waals surface area contributed by atoms with Crippen LogP contribution in [0.25, 0.3) is 0 Å². The number of amides is 1. The van der Waals surface area contributed by atoms with E-state index in [1.807, 2.05) is 0 Å². The van der Waals surface area contributed by atoms with Gasteiger partial charge in [-0.05, 0) is 34.6 Å². The highest BCUT2D eigenvalue weighted by molar-refractivity contribution is 7.91. The van der Waals surface area contributed by atoms with E-state index < -0.39 is 26.8 Å². The molecule has 0 saturated heterocycles. The van der Waals surface area contributed by atoms with Crippen molar-refractivity contribution in [2.45, 2.75) is 63.7 Å². The van der Waals surface area contributed by atoms with Crippen LogP contribution in [0.5, 0.6) is 0 Å². The van der Waals surface area contributed by atoms with Crippen LogP contribution < -0.4 is 0 Å². The summed E-state index contributed by atoms with van der Waals surface area (Å²) in [4.78, 5) is 17.8. The number of nitrogens with zero attached hydrogens (tertiary/aromatic N) is 3. The number of sulfone groups is 1. The molecule has 1 aromatic rings. The molecule has 1 amide bonds. The van der Waals surface area contributed by atoms with Crippen molar-refractivity contribution in [1.29, 1.82) is 0 Å². The minimum atomic E-state index is -3.43. The van der Waals surface area contributed by atoms with Gasteiger partial charge in [0.25, 0.3) is 0 Å². The highest BCUT2D eigenvalue weighted by Crippen LogP contribution is 2.27. The molecule has 124 valence electrons. The van der Waals surface area contributed by atoms with E-state index in [1.54, 1.807) is 46.2 Å². The second-order valence-electron chi connectivity index (χ2n) is 6.78. The van der Waals surface area contributed by atoms with Crippen LogP contribution in [0.1, 0.15) is 46.0 Å². The van der Waals surface area contributed by atoms with Crippen molar-refractivity contribution in [2.24, 2.45) is 7.05 Å². The van der Waals surface area contributed by atoms with E-state index in [9.17, 15) is 13.2 Å². The smallest absolute Gasteiger partial charge is 0.410 e. The third-order valence-electron chi connectivity index (χ3n) is 3.46. The summed E-state index contributed by atoms with van der Waals surface area (Å²) >= 11 is 0. The van der Waals surface area contributed by atoms with E-state index in [2.05, 4.69) is 4.98 Å². The molecule has 0 aromatic carbocycles. The lowest BCUT2D eigenvalue weighted by Gasteiger charge is -2.24. The van der Waals surface area contributed by atoms with Gasteiger partial charge in [-0.3, -0.25) is 4.90 Å². The molecule has 0 radical (unpaired) electrons. The number of rotatable bonds is 2. The first-order chi connectivity index (χ1) is 9.93. The van der Waals surface area contributed by atoms with E-state index in [-0.39, 0.29) is 11.7 Å². The van der Waals surface area contributed by atoms with Gasteiger partial charge in [0.2, 0.25) is 15.0 Å². The number of fused-ring (bicyclic) bond motifs is 1. The van der Waals surface area contributed by atoms with E-state index in [0.717, 1.165) is 5.69 Å². The zero-order chi connectivity index (χ0) is 16.9. The van der Waals surface area contributed by atoms with Crippen molar-refractivity contribution >= 4 is 15.9 Å². The van der Waals surface area contributed by atoms with Gasteiger partial charge >= 0.3 is 6.09 Å². The fourth-order valence-electron chi connectivity index (χ4n) is 2.23. The minimum absolute atomic E-state index is 0.0661. The Morgan fingerprint density at radius 1 is 1.27 bits per heavy atom. The number of aromatic nitrogens is 2. The summed E-state index contributed by atoms with van der Waals surface area (Å²) in [6.07, 6.45) is -0.418. The molecule has 0 fully saturated rings. The van der Waals surface area contributed by atoms with Crippen molar-refractivity contribution in [3.05, 3.63) is 11.4 Å². The Bertz CT molecular complexity index is 698. The van der Waals surface area contributed by atoms with Crippen LogP contribution >= 0.6 is 0 Å². The van der Waals surface area contributed by atoms with Crippen molar-refractivity contribution < 1.29 is 17.9 Å². The largest absolute Gasteiger partial charge is 0.444 e. The quantitative estimate of drug-likeness (QED) is 0.827. The molecule has 0 spiro atoms. The highest BCUT2D eigenvalue weighted by atomic mass is 32.2. The molecule has 2 heterocycles. The van der Waals surface area contributed by atoms with Crippen LogP contribution in [0, 0.1) is 0 Å². The van der Waals surface area contributed by atoms with Crippen LogP contribution in [0.4, 0.5) is 4.79 Å². The zero-order valence-electron chi connectivity index (χ0n) is 13.9. The average Bonchev–Trinajstić information content (AvgIpc) is 2.87. The molecule has 8 heteroatoms. The second kappa shape index (κ2) is 5.26. The number of carbonyl (C=O) groups excluding carboxylic acids is 1. The van der Waals surface area contributed by atoms with Crippen molar-refractivity contribution in [3.63, 3.8) is 0 Å². The topological polar surface area (TPSA) is 81.5 Å². The lowest BCUT2D eigenvalue weighted by atomic mass is 10.2. The molecule has 0 bridgehead atoms. The van der Waals surface area contributed by atoms with Crippen molar-refractivity contribution in [1.82, 2.24) is 14.5 Å². The lowest BCUT2D eigenvalue weighted by Crippen LogP contribution is -2.34. The number of hydrogen-bond acceptors (Lipinski definition) is 5. The van der Waals surface area contributed by atoms with Crippen LogP contribution in [0.2, 0.25) is 0 Å². The van der Waals surface area contributed by atoms with Gasteiger partial charge < -0.3 is 9.30 Å². The van der Waals surface area contributed by atoms with Crippen molar-refractivity contribution in [3.8, 4) is 0 Å². The lowest BCUT2D eigenvalue weighted by molar-refractivity contribution is 0.0237. The monoisotopic (exact) mass is 329 g/mol. The Morgan fingerprint density at radius 2 is 1.86 bits per heavy atom. The van der Waals surface area contributed by atoms with Crippen LogP contribution in [0.3, 0.4) is 0 Å². The van der Waals surface area contributed by atoms with E-state index in [1.165, 1.54) is 4.90 Å². The number of ether oxygens (including phenoxy) is 1. The summed E-state index contributed by atoms with van der Waals surface area (Å²) in [5.41, 5.74) is 0.795. The molecular weight excluding hydrogens is 306 g/mol. The predicted octanol–water partition coefficient (Wildman–Crippen LogP) is 1.85. The summed E-state index contributed by atoms with van der Waals surface area (Å²) in [5, 5.41) is -0.466. The molecule has 1 aliphatic rings. The third-order valence-corrected chi connectivity index (χ3v) is 5.58. The molecule has 7 nitrogen and oxygen atoms in total. The maximum Gasteiger partial charge on any atom is 0.410 e. The first-order valence-electron chi connectivity index (χ1n) is 7.20. The van der Waals surface area contributed by atoms with Crippen LogP contribution in [-0.4, -0.2) is 39.8 Å². The molecule has 22 heavy (non-hydrogen) atoms. The maximum atomic E-state index is 12.3. The van der Waals surface area contributed by atoms with Gasteiger partial charge in [-0.15, -0.1) is 0 Å². The fraction of sp³-hybridized carbons (Fsp3) is 0.714. The van der Waals surface area contributed by atoms with Gasteiger partial charge in [-0.25, -0.2) is 18.2 Å². The van der Waals surface area contributed by atoms with Crippen LogP contribution in [0.15, 0.2) is 5.16 Å². The van der Waals surface area contributed by atoms with Gasteiger partial charge in [-0.1, -0.05) is 0 Å². The van der Waals surface area contributed by atoms with E-state index in [4.69, 9.17) is 4.74 Å². The van der Waals surface area contributed by atoms with Gasteiger partial charge in [-0.2, -0.15) is 0 Å². The molecular formula is C14H23N3O4S. The zero-order valence-corrected chi connectivity index (χ0v) is 14.7. The number of carbonyl (C=O) groups is 1. The standard InChI is InChI=1S/C14H23N3O4S/c1-9(2)22(19,20)12-15-10-7-17(8-11(10)16(12)6)13(18)21-14(3,4)5/h9H,7-8H2,1-6H3. The van der Waals surface area contributed by atoms with E-state index >= 15 is 0 Å². The highest BCUT2D eigenvalue weighted by Gasteiger charge is 2.35. The Kier molecular flexibility index (Phi) is 4.01. The summed E-state index contributed by atoms with van der Waals surface area (Å²) in [6.45, 7) is 9.25. The number of hydrogen-bond donors (Lipinski definition) is 0. The Hall–Kier alpha value is -1.57. The average molecular weight is 329 g/mol. The fourth-order valence-corrected chi connectivity index (χ4v) is 3.38. The van der Waals surface area contributed by atoms with Crippen molar-refractivity contribution in [2.75, 3.05) is 0 Å². The normalized spacial score (nSPS) is 15.3. The van der Waals surface area contributed by atoms with Gasteiger partial charge in [0, 0.05) is 7.05 Å². The number of imidazole rings is 1. The maximum absolute atomic E-state index is 12.3. The first kappa shape index (κ1) is 16.8. The Morgan fingerprint density at radius 3 is 2.32 bits per heavy atom. The molecule has 0 N–H and O–H groups in total. The summed E-state index contributed by atoms with van der Waals surface area (Å²) in [7, 11) is -1.77. The Labute approximate surface area is 131 Å². The Balaban J connectivity index is 2.24. The summed E-state index contributed by atoms with van der Waals surface area (Å²) in [6, 6.07) is 0. The molecule has 2 rings (SSSR count). The molecule has 0 atom stereocenters. The SMILES string of the molecule is CC(C)S(=O)(=O)c1nc2c(n1C)CN(C(=O)OC(C)(C)C)C2. The summed E-state index contributed by atoms with van der Waals surface area (Å²) in [5.74, 6) is 0. The van der Waals surface area contributed by atoms with Gasteiger partial charge in [0.1, 0.15) is 5.60 Å². The van der Waals surface area contributed by atoms with Gasteiger partial charge in [0.15, 0.2) is 0 Å². The first-order valence-corrected chi connectivity index (χ1v) is 8.74. The third kappa shape index (κ3) is 2.97. The van der Waals surface area contributed by atoms with E-state index in [0.29, 0.717) is 12.2 Å². The predicted molar refractivity (Wildman–Crippen MR) is 81.0 cm³/mol. The molecule has 0 saturated carbocycles. The molecule has 0 aliphatic carbocycles. The minimum Gasteiger partial charge on any atom is -0.444 e. The van der Waals surface area contributed by atoms with Gasteiger partial charge in [0.05, 0.1) is 29.7 Å². The molecule has 1 aliphatic heterocycles. The van der Waals surface area contributed by atoms with Crippen LogP contribution in [-0.2, 0) is 34.7 Å². The molecule has 0 unspecified atom stereocenters.